The zero-order valence-corrected chi connectivity index (χ0v) is 10.7. The van der Waals surface area contributed by atoms with Crippen molar-refractivity contribution in [3.05, 3.63) is 23.4 Å². The molecule has 0 aliphatic carbocycles. The molecule has 0 saturated carbocycles. The predicted molar refractivity (Wildman–Crippen MR) is 68.0 cm³/mol. The second-order valence-electron chi connectivity index (χ2n) is 3.83. The van der Waals surface area contributed by atoms with Crippen LogP contribution in [0.2, 0.25) is 0 Å². The van der Waals surface area contributed by atoms with E-state index < -0.39 is 0 Å². The molecule has 1 aromatic rings. The summed E-state index contributed by atoms with van der Waals surface area (Å²) in [6.07, 6.45) is 1.06. The van der Waals surface area contributed by atoms with E-state index in [2.05, 4.69) is 16.4 Å². The number of carbonyl (C=O) groups excluding carboxylic acids is 1. The van der Waals surface area contributed by atoms with Crippen LogP contribution in [0.1, 0.15) is 31.0 Å². The first kappa shape index (κ1) is 14.0. The van der Waals surface area contributed by atoms with Gasteiger partial charge < -0.3 is 10.1 Å². The Morgan fingerprint density at radius 1 is 1.56 bits per heavy atom. The number of nitrogens with one attached hydrogen (secondary N) is 1. The van der Waals surface area contributed by atoms with Crippen molar-refractivity contribution in [2.45, 2.75) is 26.7 Å². The quantitative estimate of drug-likeness (QED) is 0.614. The van der Waals surface area contributed by atoms with Crippen LogP contribution in [-0.4, -0.2) is 24.1 Å². The van der Waals surface area contributed by atoms with Crippen molar-refractivity contribution in [3.8, 4) is 6.07 Å². The van der Waals surface area contributed by atoms with Gasteiger partial charge in [0.05, 0.1) is 18.2 Å². The van der Waals surface area contributed by atoms with Gasteiger partial charge in [0.2, 0.25) is 0 Å². The van der Waals surface area contributed by atoms with E-state index in [-0.39, 0.29) is 5.97 Å². The normalized spacial score (nSPS) is 9.61. The summed E-state index contributed by atoms with van der Waals surface area (Å²) in [5.41, 5.74) is 1.37. The van der Waals surface area contributed by atoms with Crippen molar-refractivity contribution in [2.75, 3.05) is 18.5 Å². The maximum Gasteiger partial charge on any atom is 0.305 e. The van der Waals surface area contributed by atoms with Gasteiger partial charge in [0.15, 0.2) is 0 Å². The molecule has 1 heterocycles. The Hall–Kier alpha value is -2.09. The van der Waals surface area contributed by atoms with E-state index in [1.54, 1.807) is 19.1 Å². The molecule has 0 fully saturated rings. The lowest BCUT2D eigenvalue weighted by Gasteiger charge is -2.06. The van der Waals surface area contributed by atoms with E-state index in [1.165, 1.54) is 0 Å². The molecule has 0 aromatic carbocycles. The van der Waals surface area contributed by atoms with Crippen molar-refractivity contribution in [3.63, 3.8) is 0 Å². The largest absolute Gasteiger partial charge is 0.466 e. The van der Waals surface area contributed by atoms with Crippen molar-refractivity contribution in [1.29, 1.82) is 5.26 Å². The highest BCUT2D eigenvalue weighted by Gasteiger charge is 2.02. The second-order valence-corrected chi connectivity index (χ2v) is 3.83. The van der Waals surface area contributed by atoms with Crippen molar-refractivity contribution in [2.24, 2.45) is 0 Å². The number of rotatable bonds is 6. The number of aryl methyl sites for hydroxylation is 1. The van der Waals surface area contributed by atoms with Crippen LogP contribution in [0.15, 0.2) is 12.1 Å². The fourth-order valence-corrected chi connectivity index (χ4v) is 1.51. The number of aromatic nitrogens is 1. The van der Waals surface area contributed by atoms with Crippen LogP contribution in [0.5, 0.6) is 0 Å². The third-order valence-electron chi connectivity index (χ3n) is 2.25. The van der Waals surface area contributed by atoms with Crippen LogP contribution >= 0.6 is 0 Å². The molecule has 18 heavy (non-hydrogen) atoms. The van der Waals surface area contributed by atoms with Gasteiger partial charge in [-0.05, 0) is 32.4 Å². The SMILES string of the molecule is CCOC(=O)CCCNc1cc(C#N)cc(C)n1. The van der Waals surface area contributed by atoms with Crippen LogP contribution < -0.4 is 5.32 Å². The van der Waals surface area contributed by atoms with Gasteiger partial charge in [-0.3, -0.25) is 4.79 Å². The summed E-state index contributed by atoms with van der Waals surface area (Å²) in [7, 11) is 0. The van der Waals surface area contributed by atoms with Crippen LogP contribution in [0.25, 0.3) is 0 Å². The minimum Gasteiger partial charge on any atom is -0.466 e. The first-order valence-corrected chi connectivity index (χ1v) is 5.94. The number of nitriles is 1. The standard InChI is InChI=1S/C13H17N3O2/c1-3-18-13(17)5-4-6-15-12-8-11(9-14)7-10(2)16-12/h7-8H,3-6H2,1-2H3,(H,15,16). The Balaban J connectivity index is 2.38. The van der Waals surface area contributed by atoms with E-state index in [0.717, 1.165) is 5.69 Å². The highest BCUT2D eigenvalue weighted by molar-refractivity contribution is 5.69. The molecule has 0 bridgehead atoms. The summed E-state index contributed by atoms with van der Waals surface area (Å²) in [5, 5.41) is 11.9. The molecule has 1 N–H and O–H groups in total. The molecule has 0 aliphatic rings. The Bertz CT molecular complexity index is 452. The molecule has 0 saturated heterocycles. The van der Waals surface area contributed by atoms with Gasteiger partial charge in [-0.25, -0.2) is 4.98 Å². The van der Waals surface area contributed by atoms with Crippen molar-refractivity contribution in [1.82, 2.24) is 4.98 Å². The molecular formula is C13H17N3O2. The maximum atomic E-state index is 11.1. The summed E-state index contributed by atoms with van der Waals surface area (Å²) in [4.78, 5) is 15.4. The Morgan fingerprint density at radius 3 is 3.00 bits per heavy atom. The van der Waals surface area contributed by atoms with Crippen LogP contribution in [0, 0.1) is 18.3 Å². The van der Waals surface area contributed by atoms with Gasteiger partial charge in [-0.15, -0.1) is 0 Å². The fourth-order valence-electron chi connectivity index (χ4n) is 1.51. The van der Waals surface area contributed by atoms with Gasteiger partial charge >= 0.3 is 5.97 Å². The van der Waals surface area contributed by atoms with Crippen LogP contribution in [-0.2, 0) is 9.53 Å². The number of anilines is 1. The molecule has 1 rings (SSSR count). The first-order chi connectivity index (χ1) is 8.65. The van der Waals surface area contributed by atoms with E-state index in [1.807, 2.05) is 6.92 Å². The minimum atomic E-state index is -0.186. The zero-order chi connectivity index (χ0) is 13.4. The topological polar surface area (TPSA) is 75.0 Å². The molecule has 1 aromatic heterocycles. The lowest BCUT2D eigenvalue weighted by Crippen LogP contribution is -2.09. The number of nitrogens with zero attached hydrogens (tertiary/aromatic N) is 2. The summed E-state index contributed by atoms with van der Waals surface area (Å²) >= 11 is 0. The minimum absolute atomic E-state index is 0.186. The molecule has 5 heteroatoms. The second kappa shape index (κ2) is 7.28. The number of pyridine rings is 1. The first-order valence-electron chi connectivity index (χ1n) is 5.94. The summed E-state index contributed by atoms with van der Waals surface area (Å²) in [6.45, 7) is 4.66. The van der Waals surface area contributed by atoms with Gasteiger partial charge in [0.25, 0.3) is 0 Å². The Morgan fingerprint density at radius 2 is 2.33 bits per heavy atom. The van der Waals surface area contributed by atoms with Crippen LogP contribution in [0.3, 0.4) is 0 Å². The maximum absolute atomic E-state index is 11.1. The zero-order valence-electron chi connectivity index (χ0n) is 10.7. The number of carbonyl (C=O) groups is 1. The van der Waals surface area contributed by atoms with E-state index in [4.69, 9.17) is 10.00 Å². The van der Waals surface area contributed by atoms with E-state index in [0.29, 0.717) is 37.4 Å². The third kappa shape index (κ3) is 4.83. The van der Waals surface area contributed by atoms with Crippen molar-refractivity contribution >= 4 is 11.8 Å². The van der Waals surface area contributed by atoms with E-state index >= 15 is 0 Å². The molecule has 0 radical (unpaired) electrons. The van der Waals surface area contributed by atoms with Crippen LogP contribution in [0.4, 0.5) is 5.82 Å². The number of hydrogen-bond donors (Lipinski definition) is 1. The van der Waals surface area contributed by atoms with Crippen molar-refractivity contribution < 1.29 is 9.53 Å². The average Bonchev–Trinajstić information content (AvgIpc) is 2.34. The molecule has 0 spiro atoms. The summed E-state index contributed by atoms with van der Waals surface area (Å²) < 4.78 is 4.82. The third-order valence-corrected chi connectivity index (χ3v) is 2.25. The molecule has 5 nitrogen and oxygen atoms in total. The van der Waals surface area contributed by atoms with E-state index in [9.17, 15) is 4.79 Å². The smallest absolute Gasteiger partial charge is 0.305 e. The monoisotopic (exact) mass is 247 g/mol. The highest BCUT2D eigenvalue weighted by atomic mass is 16.5. The summed E-state index contributed by atoms with van der Waals surface area (Å²) in [6, 6.07) is 5.50. The number of esters is 1. The molecule has 0 aliphatic heterocycles. The average molecular weight is 247 g/mol. The number of hydrogen-bond acceptors (Lipinski definition) is 5. The fraction of sp³-hybridized carbons (Fsp3) is 0.462. The molecule has 0 atom stereocenters. The van der Waals surface area contributed by atoms with Gasteiger partial charge in [0, 0.05) is 18.7 Å². The molecular weight excluding hydrogens is 230 g/mol. The Kier molecular flexibility index (Phi) is 5.65. The molecule has 0 unspecified atom stereocenters. The van der Waals surface area contributed by atoms with Gasteiger partial charge in [-0.1, -0.05) is 0 Å². The lowest BCUT2D eigenvalue weighted by atomic mass is 10.2. The molecule has 0 amide bonds. The van der Waals surface area contributed by atoms with Gasteiger partial charge in [-0.2, -0.15) is 5.26 Å². The highest BCUT2D eigenvalue weighted by Crippen LogP contribution is 2.09. The predicted octanol–water partition coefficient (Wildman–Crippen LogP) is 2.02. The number of ether oxygens (including phenoxy) is 1. The van der Waals surface area contributed by atoms with Gasteiger partial charge in [0.1, 0.15) is 5.82 Å². The Labute approximate surface area is 107 Å². The summed E-state index contributed by atoms with van der Waals surface area (Å²) in [5.74, 6) is 0.477. The molecule has 96 valence electrons. The lowest BCUT2D eigenvalue weighted by molar-refractivity contribution is -0.143.